The molecule has 1 aromatic heterocycles. The van der Waals surface area contributed by atoms with Crippen molar-refractivity contribution in [3.8, 4) is 0 Å². The van der Waals surface area contributed by atoms with E-state index in [9.17, 15) is 10.2 Å². The van der Waals surface area contributed by atoms with Gasteiger partial charge in [0, 0.05) is 17.1 Å². The lowest BCUT2D eigenvalue weighted by Gasteiger charge is -2.16. The highest BCUT2D eigenvalue weighted by atomic mass is 79.9. The monoisotopic (exact) mass is 260 g/mol. The van der Waals surface area contributed by atoms with Gasteiger partial charge < -0.3 is 15.9 Å². The lowest BCUT2D eigenvalue weighted by Crippen LogP contribution is -2.18. The van der Waals surface area contributed by atoms with E-state index < -0.39 is 12.2 Å². The molecule has 0 aromatic carbocycles. The third-order valence-corrected chi connectivity index (χ3v) is 2.38. The highest BCUT2D eigenvalue weighted by molar-refractivity contribution is 9.09. The number of pyridine rings is 1. The van der Waals surface area contributed by atoms with Gasteiger partial charge >= 0.3 is 0 Å². The van der Waals surface area contributed by atoms with Crippen LogP contribution in [0.2, 0.25) is 0 Å². The number of anilines is 1. The molecule has 0 aliphatic rings. The zero-order valence-electron chi connectivity index (χ0n) is 7.60. The zero-order chi connectivity index (χ0) is 10.6. The Morgan fingerprint density at radius 3 is 2.64 bits per heavy atom. The molecule has 4 nitrogen and oxygen atoms in total. The summed E-state index contributed by atoms with van der Waals surface area (Å²) in [4.78, 5) is 3.84. The minimum absolute atomic E-state index is 0.399. The van der Waals surface area contributed by atoms with Crippen molar-refractivity contribution in [3.63, 3.8) is 0 Å². The van der Waals surface area contributed by atoms with Gasteiger partial charge in [-0.15, -0.1) is 0 Å². The van der Waals surface area contributed by atoms with Crippen LogP contribution in [-0.2, 0) is 0 Å². The smallest absolute Gasteiger partial charge is 0.123 e. The Morgan fingerprint density at radius 2 is 2.14 bits per heavy atom. The van der Waals surface area contributed by atoms with Crippen LogP contribution in [0.4, 0.5) is 5.82 Å². The Kier molecular flexibility index (Phi) is 4.31. The molecule has 2 atom stereocenters. The third-order valence-electron chi connectivity index (χ3n) is 1.92. The van der Waals surface area contributed by atoms with Crippen molar-refractivity contribution in [1.82, 2.24) is 4.98 Å². The molecule has 1 aromatic rings. The lowest BCUT2D eigenvalue weighted by atomic mass is 10.0. The molecule has 5 heteroatoms. The first-order chi connectivity index (χ1) is 6.65. The maximum Gasteiger partial charge on any atom is 0.123 e. The molecule has 0 saturated heterocycles. The Morgan fingerprint density at radius 1 is 1.43 bits per heavy atom. The quantitative estimate of drug-likeness (QED) is 0.702. The molecular formula is C9H13BrN2O2. The van der Waals surface area contributed by atoms with E-state index in [1.807, 2.05) is 0 Å². The summed E-state index contributed by atoms with van der Waals surface area (Å²) < 4.78 is 0. The molecule has 0 spiro atoms. The number of nitrogen functional groups attached to an aromatic ring is 1. The van der Waals surface area contributed by atoms with Crippen LogP contribution in [0.3, 0.4) is 0 Å². The molecule has 0 fully saturated rings. The number of aromatic nitrogens is 1. The molecule has 0 aliphatic heterocycles. The summed E-state index contributed by atoms with van der Waals surface area (Å²) in [5.74, 6) is 0.399. The van der Waals surface area contributed by atoms with Crippen molar-refractivity contribution in [2.24, 2.45) is 0 Å². The summed E-state index contributed by atoms with van der Waals surface area (Å²) in [7, 11) is 0. The molecule has 1 heterocycles. The van der Waals surface area contributed by atoms with Crippen molar-refractivity contribution < 1.29 is 10.2 Å². The van der Waals surface area contributed by atoms with Gasteiger partial charge in [0.2, 0.25) is 0 Å². The molecule has 0 radical (unpaired) electrons. The topological polar surface area (TPSA) is 79.4 Å². The van der Waals surface area contributed by atoms with Crippen LogP contribution in [-0.4, -0.2) is 26.6 Å². The van der Waals surface area contributed by atoms with E-state index in [4.69, 9.17) is 5.73 Å². The largest absolute Gasteiger partial charge is 0.390 e. The number of rotatable bonds is 4. The summed E-state index contributed by atoms with van der Waals surface area (Å²) in [6.07, 6.45) is 0.281. The molecular weight excluding hydrogens is 248 g/mol. The first-order valence-corrected chi connectivity index (χ1v) is 5.41. The van der Waals surface area contributed by atoms with Crippen LogP contribution < -0.4 is 5.73 Å². The van der Waals surface area contributed by atoms with Gasteiger partial charge in [-0.1, -0.05) is 22.0 Å². The average Bonchev–Trinajstić information content (AvgIpc) is 2.18. The Balaban J connectivity index is 2.68. The predicted octanol–water partition coefficient (Wildman–Crippen LogP) is 0.843. The number of aliphatic hydroxyl groups is 2. The van der Waals surface area contributed by atoms with Gasteiger partial charge in [0.25, 0.3) is 0 Å². The average molecular weight is 261 g/mol. The highest BCUT2D eigenvalue weighted by Crippen LogP contribution is 2.19. The van der Waals surface area contributed by atoms with Crippen LogP contribution in [0.15, 0.2) is 18.3 Å². The summed E-state index contributed by atoms with van der Waals surface area (Å²) in [6, 6.07) is 3.25. The number of halogens is 1. The van der Waals surface area contributed by atoms with Crippen molar-refractivity contribution in [3.05, 3.63) is 23.9 Å². The van der Waals surface area contributed by atoms with E-state index >= 15 is 0 Å². The van der Waals surface area contributed by atoms with Gasteiger partial charge in [-0.2, -0.15) is 0 Å². The molecule has 14 heavy (non-hydrogen) atoms. The van der Waals surface area contributed by atoms with E-state index in [0.29, 0.717) is 23.1 Å². The van der Waals surface area contributed by atoms with Gasteiger partial charge in [-0.05, 0) is 12.5 Å². The number of alkyl halides is 1. The molecule has 0 bridgehead atoms. The Labute approximate surface area is 90.9 Å². The highest BCUT2D eigenvalue weighted by Gasteiger charge is 2.17. The van der Waals surface area contributed by atoms with Gasteiger partial charge in [0.05, 0.1) is 6.10 Å². The summed E-state index contributed by atoms with van der Waals surface area (Å²) in [5.41, 5.74) is 5.98. The molecule has 0 amide bonds. The minimum atomic E-state index is -0.902. The second kappa shape index (κ2) is 5.29. The molecule has 78 valence electrons. The fraction of sp³-hybridized carbons (Fsp3) is 0.444. The molecule has 0 aliphatic carbocycles. The Hall–Kier alpha value is -0.650. The number of aliphatic hydroxyl groups excluding tert-OH is 2. The standard InChI is InChI=1S/C9H13BrN2O2/c10-4-3-7(13)9(14)6-1-2-8(11)12-5-6/h1-2,5,7,9,13-14H,3-4H2,(H2,11,12). The molecule has 2 unspecified atom stereocenters. The van der Waals surface area contributed by atoms with Crippen LogP contribution in [0.5, 0.6) is 0 Å². The zero-order valence-corrected chi connectivity index (χ0v) is 9.18. The van der Waals surface area contributed by atoms with Crippen LogP contribution >= 0.6 is 15.9 Å². The summed E-state index contributed by atoms with van der Waals surface area (Å²) in [5, 5.41) is 19.8. The Bertz CT molecular complexity index is 279. The van der Waals surface area contributed by atoms with Gasteiger partial charge in [0.1, 0.15) is 11.9 Å². The normalized spacial score (nSPS) is 15.1. The number of hydrogen-bond acceptors (Lipinski definition) is 4. The number of nitrogens with two attached hydrogens (primary N) is 1. The number of nitrogens with zero attached hydrogens (tertiary/aromatic N) is 1. The fourth-order valence-corrected chi connectivity index (χ4v) is 1.55. The second-order valence-electron chi connectivity index (χ2n) is 3.01. The number of hydrogen-bond donors (Lipinski definition) is 3. The van der Waals surface area contributed by atoms with Crippen molar-refractivity contribution >= 4 is 21.7 Å². The van der Waals surface area contributed by atoms with E-state index in [0.717, 1.165) is 0 Å². The van der Waals surface area contributed by atoms with E-state index in [1.54, 1.807) is 12.1 Å². The summed E-state index contributed by atoms with van der Waals surface area (Å²) in [6.45, 7) is 0. The van der Waals surface area contributed by atoms with Crippen molar-refractivity contribution in [2.45, 2.75) is 18.6 Å². The third kappa shape index (κ3) is 2.94. The van der Waals surface area contributed by atoms with Crippen LogP contribution in [0, 0.1) is 0 Å². The molecule has 0 saturated carbocycles. The molecule has 4 N–H and O–H groups in total. The lowest BCUT2D eigenvalue weighted by molar-refractivity contribution is 0.0172. The van der Waals surface area contributed by atoms with Crippen LogP contribution in [0.1, 0.15) is 18.1 Å². The van der Waals surface area contributed by atoms with Crippen molar-refractivity contribution in [2.75, 3.05) is 11.1 Å². The fourth-order valence-electron chi connectivity index (χ4n) is 1.08. The van der Waals surface area contributed by atoms with Gasteiger partial charge in [0.15, 0.2) is 0 Å². The van der Waals surface area contributed by atoms with Crippen LogP contribution in [0.25, 0.3) is 0 Å². The first-order valence-electron chi connectivity index (χ1n) is 4.28. The van der Waals surface area contributed by atoms with E-state index in [2.05, 4.69) is 20.9 Å². The van der Waals surface area contributed by atoms with E-state index in [-0.39, 0.29) is 0 Å². The molecule has 1 rings (SSSR count). The van der Waals surface area contributed by atoms with Gasteiger partial charge in [-0.3, -0.25) is 0 Å². The van der Waals surface area contributed by atoms with Gasteiger partial charge in [-0.25, -0.2) is 4.98 Å². The maximum atomic E-state index is 9.66. The summed E-state index contributed by atoms with van der Waals surface area (Å²) >= 11 is 3.20. The second-order valence-corrected chi connectivity index (χ2v) is 3.80. The SMILES string of the molecule is Nc1ccc(C(O)C(O)CCBr)cn1. The van der Waals surface area contributed by atoms with E-state index in [1.165, 1.54) is 6.20 Å². The predicted molar refractivity (Wildman–Crippen MR) is 58.0 cm³/mol. The van der Waals surface area contributed by atoms with Crippen molar-refractivity contribution in [1.29, 1.82) is 0 Å². The minimum Gasteiger partial charge on any atom is -0.390 e. The maximum absolute atomic E-state index is 9.66. The first kappa shape index (κ1) is 11.4.